The summed E-state index contributed by atoms with van der Waals surface area (Å²) >= 11 is 4.25. The van der Waals surface area contributed by atoms with Gasteiger partial charge in [-0.1, -0.05) is 77.8 Å². The van der Waals surface area contributed by atoms with Crippen LogP contribution in [0, 0.1) is 0 Å². The third kappa shape index (κ3) is 7.63. The van der Waals surface area contributed by atoms with Crippen molar-refractivity contribution in [1.82, 2.24) is 0 Å². The SMILES string of the molecule is CC[Si](CC)(CC)C(=O)CC(C)=O.CC[Si](CC)(CC)C1(CC(C)=O)SCCCS1. The maximum atomic E-state index is 11.8. The highest BCUT2D eigenvalue weighted by Gasteiger charge is 2.51. The van der Waals surface area contributed by atoms with E-state index >= 15 is 0 Å². The van der Waals surface area contributed by atoms with Crippen molar-refractivity contribution in [3.63, 3.8) is 0 Å². The molecule has 0 aromatic carbocycles. The molecular weight excluding hydrogens is 445 g/mol. The smallest absolute Gasteiger partial charge is 0.136 e. The molecule has 1 rings (SSSR count). The fourth-order valence-electron chi connectivity index (χ4n) is 4.81. The number of thioether (sulfide) groups is 2. The van der Waals surface area contributed by atoms with Crippen LogP contribution in [0.5, 0.6) is 0 Å². The van der Waals surface area contributed by atoms with Crippen molar-refractivity contribution >= 4 is 56.6 Å². The Balaban J connectivity index is 0.000000584. The topological polar surface area (TPSA) is 51.2 Å². The first kappa shape index (κ1) is 30.1. The minimum atomic E-state index is -1.74. The molecule has 0 unspecified atom stereocenters. The summed E-state index contributed by atoms with van der Waals surface area (Å²) in [5.74, 6) is 2.92. The molecular formula is C23H46O3S2Si2. The molecule has 176 valence electrons. The molecule has 0 amide bonds. The van der Waals surface area contributed by atoms with E-state index in [1.807, 2.05) is 0 Å². The first-order valence-corrected chi connectivity index (χ1v) is 19.1. The van der Waals surface area contributed by atoms with Crippen LogP contribution in [0.4, 0.5) is 0 Å². The number of rotatable bonds is 12. The first-order chi connectivity index (χ1) is 14.1. The monoisotopic (exact) mass is 490 g/mol. The molecule has 7 heteroatoms. The Morgan fingerprint density at radius 2 is 1.17 bits per heavy atom. The molecule has 1 heterocycles. The highest BCUT2D eigenvalue weighted by atomic mass is 32.2. The van der Waals surface area contributed by atoms with Crippen molar-refractivity contribution in [2.75, 3.05) is 11.5 Å². The third-order valence-electron chi connectivity index (χ3n) is 7.31. The Labute approximate surface area is 196 Å². The van der Waals surface area contributed by atoms with Gasteiger partial charge in [0.15, 0.2) is 0 Å². The summed E-state index contributed by atoms with van der Waals surface area (Å²) in [6, 6.07) is 6.91. The maximum Gasteiger partial charge on any atom is 0.136 e. The van der Waals surface area contributed by atoms with E-state index in [0.717, 1.165) is 24.6 Å². The molecule has 0 N–H and O–H groups in total. The second-order valence-corrected chi connectivity index (χ2v) is 23.2. The molecule has 1 aliphatic heterocycles. The number of carbonyl (C=O) groups excluding carboxylic acids is 3. The second kappa shape index (κ2) is 14.3. The summed E-state index contributed by atoms with van der Waals surface area (Å²) in [5, 5.41) is 0.257. The molecule has 30 heavy (non-hydrogen) atoms. The number of hydrogen-bond acceptors (Lipinski definition) is 5. The molecule has 3 nitrogen and oxygen atoms in total. The van der Waals surface area contributed by atoms with Gasteiger partial charge in [0.1, 0.15) is 25.0 Å². The van der Waals surface area contributed by atoms with E-state index in [9.17, 15) is 14.4 Å². The van der Waals surface area contributed by atoms with Crippen LogP contribution in [0.15, 0.2) is 0 Å². The molecule has 0 aromatic heterocycles. The third-order valence-corrected chi connectivity index (χ3v) is 25.0. The predicted molar refractivity (Wildman–Crippen MR) is 142 cm³/mol. The Morgan fingerprint density at radius 3 is 1.47 bits per heavy atom. The van der Waals surface area contributed by atoms with E-state index in [1.54, 1.807) is 6.92 Å². The Morgan fingerprint density at radius 1 is 0.733 bits per heavy atom. The quantitative estimate of drug-likeness (QED) is 0.214. The first-order valence-electron chi connectivity index (χ1n) is 11.9. The Bertz CT molecular complexity index is 536. The van der Waals surface area contributed by atoms with Gasteiger partial charge in [-0.15, -0.1) is 23.5 Å². The van der Waals surface area contributed by atoms with Gasteiger partial charge in [-0.3, -0.25) is 9.59 Å². The van der Waals surface area contributed by atoms with E-state index in [0.29, 0.717) is 5.78 Å². The summed E-state index contributed by atoms with van der Waals surface area (Å²) < 4.78 is 0.287. The summed E-state index contributed by atoms with van der Waals surface area (Å²) in [6.45, 7) is 16.6. The molecule has 0 radical (unpaired) electrons. The molecule has 1 saturated heterocycles. The molecule has 0 aliphatic carbocycles. The van der Waals surface area contributed by atoms with Gasteiger partial charge in [-0.05, 0) is 31.8 Å². The van der Waals surface area contributed by atoms with Crippen molar-refractivity contribution < 1.29 is 14.4 Å². The minimum absolute atomic E-state index is 0.0113. The average molecular weight is 491 g/mol. The second-order valence-electron chi connectivity index (χ2n) is 8.67. The lowest BCUT2D eigenvalue weighted by Gasteiger charge is -2.49. The van der Waals surface area contributed by atoms with E-state index in [2.05, 4.69) is 65.1 Å². The summed E-state index contributed by atoms with van der Waals surface area (Å²) in [7, 11) is -3.07. The van der Waals surface area contributed by atoms with Crippen LogP contribution < -0.4 is 0 Å². The predicted octanol–water partition coefficient (Wildman–Crippen LogP) is 7.16. The van der Waals surface area contributed by atoms with Crippen molar-refractivity contribution in [3.05, 3.63) is 0 Å². The molecule has 0 aromatic rings. The fourth-order valence-corrected chi connectivity index (χ4v) is 20.4. The van der Waals surface area contributed by atoms with Gasteiger partial charge < -0.3 is 4.79 Å². The zero-order valence-electron chi connectivity index (χ0n) is 20.8. The lowest BCUT2D eigenvalue weighted by Crippen LogP contribution is -2.55. The number of Topliss-reactive ketones (excluding diaryl/α,β-unsaturated/α-hetero) is 2. The van der Waals surface area contributed by atoms with E-state index < -0.39 is 16.1 Å². The van der Waals surface area contributed by atoms with Gasteiger partial charge in [0.05, 0.1) is 18.2 Å². The van der Waals surface area contributed by atoms with E-state index in [4.69, 9.17) is 0 Å². The van der Waals surface area contributed by atoms with Crippen LogP contribution in [0.25, 0.3) is 0 Å². The molecule has 0 spiro atoms. The normalized spacial score (nSPS) is 16.4. The summed E-state index contributed by atoms with van der Waals surface area (Å²) in [4.78, 5) is 34.4. The number of carbonyl (C=O) groups is 3. The van der Waals surface area contributed by atoms with E-state index in [-0.39, 0.29) is 21.3 Å². The van der Waals surface area contributed by atoms with Crippen molar-refractivity contribution in [2.45, 2.75) is 115 Å². The average Bonchev–Trinajstić information content (AvgIpc) is 2.71. The van der Waals surface area contributed by atoms with Gasteiger partial charge in [-0.2, -0.15) is 0 Å². The zero-order chi connectivity index (χ0) is 23.4. The van der Waals surface area contributed by atoms with Gasteiger partial charge in [0.2, 0.25) is 0 Å². The minimum Gasteiger partial charge on any atom is -0.305 e. The van der Waals surface area contributed by atoms with E-state index in [1.165, 1.54) is 43.0 Å². The van der Waals surface area contributed by atoms with Gasteiger partial charge in [0, 0.05) is 6.42 Å². The van der Waals surface area contributed by atoms with Crippen molar-refractivity contribution in [3.8, 4) is 0 Å². The summed E-state index contributed by atoms with van der Waals surface area (Å²) in [5.41, 5.74) is 0. The highest BCUT2D eigenvalue weighted by molar-refractivity contribution is 8.21. The lowest BCUT2D eigenvalue weighted by molar-refractivity contribution is -0.122. The van der Waals surface area contributed by atoms with Crippen molar-refractivity contribution in [2.24, 2.45) is 0 Å². The molecule has 1 fully saturated rings. The lowest BCUT2D eigenvalue weighted by atomic mass is 10.3. The van der Waals surface area contributed by atoms with Crippen LogP contribution in [0.2, 0.25) is 36.3 Å². The number of hydrogen-bond donors (Lipinski definition) is 0. The van der Waals surface area contributed by atoms with Crippen LogP contribution in [0.3, 0.4) is 0 Å². The van der Waals surface area contributed by atoms with Crippen molar-refractivity contribution in [1.29, 1.82) is 0 Å². The highest BCUT2D eigenvalue weighted by Crippen LogP contribution is 2.54. The van der Waals surface area contributed by atoms with Gasteiger partial charge in [0.25, 0.3) is 0 Å². The maximum absolute atomic E-state index is 11.8. The van der Waals surface area contributed by atoms with Gasteiger partial charge >= 0.3 is 0 Å². The fraction of sp³-hybridized carbons (Fsp3) is 0.870. The van der Waals surface area contributed by atoms with Crippen LogP contribution in [-0.2, 0) is 14.4 Å². The molecule has 0 bridgehead atoms. The Kier molecular flexibility index (Phi) is 14.4. The van der Waals surface area contributed by atoms with Crippen LogP contribution in [0.1, 0.15) is 74.7 Å². The standard InChI is InChI=1S/C13H26OS2Si.C10H20O2Si/c1-5-17(6-2,7-3)13(11-12(4)14)15-9-8-10-16-13;1-5-13(6-2,7-3)10(12)8-9(4)11/h5-11H2,1-4H3;5-8H2,1-4H3. The molecule has 1 aliphatic rings. The van der Waals surface area contributed by atoms with Gasteiger partial charge in [-0.25, -0.2) is 0 Å². The molecule has 0 atom stereocenters. The van der Waals surface area contributed by atoms with Crippen LogP contribution in [-0.4, -0.2) is 48.3 Å². The zero-order valence-corrected chi connectivity index (χ0v) is 24.5. The largest absolute Gasteiger partial charge is 0.305 e. The molecule has 0 saturated carbocycles. The Hall–Kier alpha value is 0.144. The number of ketones is 2. The van der Waals surface area contributed by atoms with Crippen LogP contribution >= 0.6 is 23.5 Å². The summed E-state index contributed by atoms with van der Waals surface area (Å²) in [6.07, 6.45) is 2.29.